The van der Waals surface area contributed by atoms with Gasteiger partial charge < -0.3 is 24.8 Å². The summed E-state index contributed by atoms with van der Waals surface area (Å²) in [6, 6.07) is -0.745. The van der Waals surface area contributed by atoms with E-state index in [9.17, 15) is 14.4 Å². The first-order valence-corrected chi connectivity index (χ1v) is 14.8. The van der Waals surface area contributed by atoms with E-state index in [2.05, 4.69) is 10.6 Å². The van der Waals surface area contributed by atoms with Crippen LogP contribution in [-0.2, 0) is 28.6 Å². The van der Waals surface area contributed by atoms with Gasteiger partial charge in [-0.3, -0.25) is 9.59 Å². The largest absolute Gasteiger partial charge is 0.490 e. The highest BCUT2D eigenvalue weighted by Crippen LogP contribution is 2.23. The summed E-state index contributed by atoms with van der Waals surface area (Å²) in [6.07, 6.45) is 18.2. The molecule has 0 saturated heterocycles. The number of methoxy groups -OCH3 is 1. The summed E-state index contributed by atoms with van der Waals surface area (Å²) in [5.74, 6) is -0.872. The molecule has 0 aromatic rings. The predicted molar refractivity (Wildman–Crippen MR) is 168 cm³/mol. The number of nitrogens with one attached hydrogen (secondary N) is 2. The van der Waals surface area contributed by atoms with E-state index in [-0.39, 0.29) is 35.7 Å². The van der Waals surface area contributed by atoms with Crippen molar-refractivity contribution in [3.63, 3.8) is 0 Å². The van der Waals surface area contributed by atoms with Crippen molar-refractivity contribution < 1.29 is 28.6 Å². The fraction of sp³-hybridized carbons (Fsp3) is 0.545. The molecule has 0 radical (unpaired) electrons. The van der Waals surface area contributed by atoms with E-state index < -0.39 is 17.4 Å². The lowest BCUT2D eigenvalue weighted by Crippen LogP contribution is -2.52. The van der Waals surface area contributed by atoms with Crippen LogP contribution in [0.3, 0.4) is 0 Å². The van der Waals surface area contributed by atoms with Gasteiger partial charge in [0.1, 0.15) is 12.1 Å². The van der Waals surface area contributed by atoms with Gasteiger partial charge in [0.25, 0.3) is 0 Å². The molecular weight excluding hydrogens is 556 g/mol. The topological polar surface area (TPSA) is 103 Å². The van der Waals surface area contributed by atoms with Crippen LogP contribution >= 0.6 is 11.6 Å². The number of esters is 1. The second-order valence-electron chi connectivity index (χ2n) is 11.3. The van der Waals surface area contributed by atoms with Crippen molar-refractivity contribution in [3.05, 3.63) is 71.2 Å². The molecule has 4 atom stereocenters. The average Bonchev–Trinajstić information content (AvgIpc) is 3.10. The molecular formula is C33H49ClN2O6. The maximum absolute atomic E-state index is 12.9. The molecule has 1 rings (SSSR count). The highest BCUT2D eigenvalue weighted by Gasteiger charge is 2.32. The summed E-state index contributed by atoms with van der Waals surface area (Å²) in [7, 11) is 1.46. The minimum atomic E-state index is -0.745. The van der Waals surface area contributed by atoms with Gasteiger partial charge in [-0.2, -0.15) is 0 Å². The Hall–Kier alpha value is -3.10. The quantitative estimate of drug-likeness (QED) is 0.127. The molecule has 0 bridgehead atoms. The number of ether oxygens (including phenoxy) is 3. The Morgan fingerprint density at radius 1 is 1.19 bits per heavy atom. The third-order valence-corrected chi connectivity index (χ3v) is 6.67. The summed E-state index contributed by atoms with van der Waals surface area (Å²) in [5.41, 5.74) is 0.455. The number of cyclic esters (lactones) is 1. The Morgan fingerprint density at radius 2 is 1.88 bits per heavy atom. The van der Waals surface area contributed by atoms with Crippen LogP contribution in [-0.4, -0.2) is 49.8 Å². The summed E-state index contributed by atoms with van der Waals surface area (Å²) in [4.78, 5) is 37.7. The van der Waals surface area contributed by atoms with Crippen LogP contribution in [0.4, 0.5) is 0 Å². The van der Waals surface area contributed by atoms with Crippen LogP contribution in [0.25, 0.3) is 0 Å². The van der Waals surface area contributed by atoms with Crippen molar-refractivity contribution >= 4 is 29.4 Å². The summed E-state index contributed by atoms with van der Waals surface area (Å²) >= 11 is 5.93. The van der Waals surface area contributed by atoms with Gasteiger partial charge in [0.2, 0.25) is 11.8 Å². The van der Waals surface area contributed by atoms with Crippen LogP contribution in [0, 0.1) is 11.3 Å². The van der Waals surface area contributed by atoms with E-state index in [0.717, 1.165) is 5.57 Å². The van der Waals surface area contributed by atoms with Crippen LogP contribution in [0.15, 0.2) is 71.2 Å². The molecule has 2 amide bonds. The van der Waals surface area contributed by atoms with Crippen molar-refractivity contribution in [2.75, 3.05) is 13.7 Å². The highest BCUT2D eigenvalue weighted by molar-refractivity contribution is 6.29. The molecule has 2 N–H and O–H groups in total. The molecule has 9 heteroatoms. The normalized spacial score (nSPS) is 19.3. The minimum absolute atomic E-state index is 0.00678. The van der Waals surface area contributed by atoms with E-state index in [0.29, 0.717) is 37.3 Å². The molecule has 0 spiro atoms. The number of allylic oxidation sites excluding steroid dienone is 6. The van der Waals surface area contributed by atoms with Crippen LogP contribution in [0.1, 0.15) is 74.1 Å². The lowest BCUT2D eigenvalue weighted by Gasteiger charge is -2.29. The number of carbonyl (C=O) groups is 3. The maximum Gasteiger partial charge on any atom is 0.373 e. The molecule has 0 aromatic carbocycles. The van der Waals surface area contributed by atoms with Crippen molar-refractivity contribution in [2.24, 2.45) is 11.3 Å². The molecule has 8 nitrogen and oxygen atoms in total. The number of halogens is 1. The van der Waals surface area contributed by atoms with Crippen LogP contribution in [0.5, 0.6) is 0 Å². The number of carbonyl (C=O) groups excluding carboxylic acids is 3. The van der Waals surface area contributed by atoms with E-state index in [1.165, 1.54) is 13.2 Å². The summed E-state index contributed by atoms with van der Waals surface area (Å²) < 4.78 is 16.4. The van der Waals surface area contributed by atoms with Crippen molar-refractivity contribution in [2.45, 2.75) is 92.4 Å². The van der Waals surface area contributed by atoms with E-state index in [4.69, 9.17) is 25.8 Å². The molecule has 234 valence electrons. The zero-order chi connectivity index (χ0) is 31.7. The van der Waals surface area contributed by atoms with Crippen molar-refractivity contribution in [1.82, 2.24) is 10.6 Å². The molecule has 0 aromatic heterocycles. The molecule has 42 heavy (non-hydrogen) atoms. The second kappa shape index (κ2) is 19.2. The van der Waals surface area contributed by atoms with Crippen molar-refractivity contribution in [1.29, 1.82) is 0 Å². The molecule has 0 saturated carbocycles. The maximum atomic E-state index is 12.9. The SMILES string of the molecule is CCO[C@H](C/C=C\NC(=O)[C@@H](NC(=O)\C=C/C=C\C(C)=C\[C@H](C)[C@@H]1CCC=C(OC)C(=O)O1)C(C)(C)C)C/C=C(\C)Cl. The fourth-order valence-corrected chi connectivity index (χ4v) is 4.34. The van der Waals surface area contributed by atoms with Gasteiger partial charge >= 0.3 is 5.97 Å². The third kappa shape index (κ3) is 14.7. The lowest BCUT2D eigenvalue weighted by atomic mass is 9.86. The van der Waals surface area contributed by atoms with E-state index in [1.54, 1.807) is 24.4 Å². The Balaban J connectivity index is 2.69. The predicted octanol–water partition coefficient (Wildman–Crippen LogP) is 6.41. The molecule has 0 aliphatic carbocycles. The van der Waals surface area contributed by atoms with E-state index >= 15 is 0 Å². The summed E-state index contributed by atoms with van der Waals surface area (Å²) in [5, 5.41) is 6.30. The average molecular weight is 605 g/mol. The Bertz CT molecular complexity index is 1080. The standard InChI is InChI=1S/C33H49ClN2O6/c1-9-41-26(20-19-25(4)34)15-13-21-35-31(38)30(33(5,6)7)36-29(37)18-11-10-14-23(2)22-24(3)27-16-12-17-28(40-8)32(39)42-27/h10-11,13-14,17-19,21-22,24,26-27,30H,9,12,15-16,20H2,1-8H3,(H,35,38)(H,36,37)/b14-10-,18-11-,21-13-,23-22+,25-19+/t24-,26+,27-,30+/m0/s1. The first kappa shape index (κ1) is 36.9. The molecule has 1 heterocycles. The smallest absolute Gasteiger partial charge is 0.373 e. The van der Waals surface area contributed by atoms with Gasteiger partial charge in [-0.15, -0.1) is 0 Å². The van der Waals surface area contributed by atoms with Gasteiger partial charge in [-0.25, -0.2) is 4.79 Å². The molecule has 0 unspecified atom stereocenters. The number of amides is 2. The van der Waals surface area contributed by atoms with Crippen molar-refractivity contribution in [3.8, 4) is 0 Å². The first-order valence-electron chi connectivity index (χ1n) is 14.5. The number of rotatable bonds is 15. The Kier molecular flexibility index (Phi) is 16.8. The zero-order valence-electron chi connectivity index (χ0n) is 26.4. The minimum Gasteiger partial charge on any atom is -0.490 e. The monoisotopic (exact) mass is 604 g/mol. The first-order chi connectivity index (χ1) is 19.8. The zero-order valence-corrected chi connectivity index (χ0v) is 27.1. The summed E-state index contributed by atoms with van der Waals surface area (Å²) in [6.45, 7) is 14.0. The lowest BCUT2D eigenvalue weighted by molar-refractivity contribution is -0.149. The molecule has 1 aliphatic rings. The highest BCUT2D eigenvalue weighted by atomic mass is 35.5. The second-order valence-corrected chi connectivity index (χ2v) is 11.9. The molecule has 1 aliphatic heterocycles. The number of hydrogen-bond donors (Lipinski definition) is 2. The van der Waals surface area contributed by atoms with E-state index in [1.807, 2.05) is 72.8 Å². The Morgan fingerprint density at radius 3 is 2.50 bits per heavy atom. The molecule has 0 fully saturated rings. The third-order valence-electron chi connectivity index (χ3n) is 6.51. The van der Waals surface area contributed by atoms with Crippen LogP contribution in [0.2, 0.25) is 0 Å². The van der Waals surface area contributed by atoms with Gasteiger partial charge in [-0.1, -0.05) is 81.3 Å². The van der Waals surface area contributed by atoms with Gasteiger partial charge in [0.15, 0.2) is 5.76 Å². The van der Waals surface area contributed by atoms with Gasteiger partial charge in [-0.05, 0) is 64.1 Å². The number of hydrogen-bond acceptors (Lipinski definition) is 6. The van der Waals surface area contributed by atoms with Gasteiger partial charge in [0, 0.05) is 23.6 Å². The van der Waals surface area contributed by atoms with Gasteiger partial charge in [0.05, 0.1) is 13.2 Å². The van der Waals surface area contributed by atoms with Crippen LogP contribution < -0.4 is 10.6 Å². The fourth-order valence-electron chi connectivity index (χ4n) is 4.25. The Labute approximate surface area is 257 Å².